The molecular weight excluding hydrogens is 404 g/mol. The molecule has 0 saturated heterocycles. The van der Waals surface area contributed by atoms with Crippen LogP contribution in [0.2, 0.25) is 0 Å². The van der Waals surface area contributed by atoms with Crippen molar-refractivity contribution in [2.75, 3.05) is 5.32 Å². The van der Waals surface area contributed by atoms with E-state index in [1.807, 2.05) is 74.5 Å². The van der Waals surface area contributed by atoms with Crippen LogP contribution in [0.1, 0.15) is 21.7 Å². The molecule has 0 spiro atoms. The monoisotopic (exact) mass is 420 g/mol. The largest absolute Gasteiger partial charge is 0.306 e. The predicted molar refractivity (Wildman–Crippen MR) is 110 cm³/mol. The molecule has 1 N–H and O–H groups in total. The number of benzene rings is 2. The number of anilines is 1. The van der Waals surface area contributed by atoms with Crippen molar-refractivity contribution in [1.82, 2.24) is 14.8 Å². The van der Waals surface area contributed by atoms with E-state index in [0.717, 1.165) is 26.8 Å². The predicted octanol–water partition coefficient (Wildman–Crippen LogP) is 5.05. The fraction of sp³-hybridized carbons (Fsp3) is 0.0952. The first-order chi connectivity index (χ1) is 13.0. The summed E-state index contributed by atoms with van der Waals surface area (Å²) < 4.78 is 2.70. The van der Waals surface area contributed by atoms with E-state index in [2.05, 4.69) is 31.3 Å². The molecule has 0 aliphatic rings. The Balaban J connectivity index is 1.68. The number of aryl methyl sites for hydroxylation is 1. The Kier molecular flexibility index (Phi) is 4.49. The average Bonchev–Trinajstić information content (AvgIpc) is 2.96. The van der Waals surface area contributed by atoms with Crippen LogP contribution in [0.3, 0.4) is 0 Å². The van der Waals surface area contributed by atoms with E-state index in [9.17, 15) is 4.79 Å². The number of amides is 1. The van der Waals surface area contributed by atoms with E-state index in [0.29, 0.717) is 17.1 Å². The molecule has 0 unspecified atom stereocenters. The number of hydrogen-bond donors (Lipinski definition) is 1. The molecule has 2 aromatic heterocycles. The zero-order valence-corrected chi connectivity index (χ0v) is 16.5. The molecule has 0 aliphatic carbocycles. The lowest BCUT2D eigenvalue weighted by Crippen LogP contribution is -2.15. The molecule has 6 heteroatoms. The number of carbonyl (C=O) groups is 1. The van der Waals surface area contributed by atoms with Crippen LogP contribution >= 0.6 is 15.9 Å². The lowest BCUT2D eigenvalue weighted by molar-refractivity contribution is 0.102. The molecule has 2 aromatic carbocycles. The average molecular weight is 421 g/mol. The zero-order chi connectivity index (χ0) is 19.0. The molecule has 0 bridgehead atoms. The van der Waals surface area contributed by atoms with E-state index in [-0.39, 0.29) is 5.91 Å². The molecule has 0 fully saturated rings. The van der Waals surface area contributed by atoms with Crippen LogP contribution in [0.5, 0.6) is 0 Å². The molecule has 4 aromatic rings. The van der Waals surface area contributed by atoms with Crippen LogP contribution in [0, 0.1) is 13.8 Å². The smallest absolute Gasteiger partial charge is 0.260 e. The van der Waals surface area contributed by atoms with Gasteiger partial charge in [-0.15, -0.1) is 0 Å². The lowest BCUT2D eigenvalue weighted by Gasteiger charge is -2.08. The maximum absolute atomic E-state index is 12.9. The molecule has 27 heavy (non-hydrogen) atoms. The highest BCUT2D eigenvalue weighted by Crippen LogP contribution is 2.25. The third-order valence-corrected chi connectivity index (χ3v) is 5.11. The van der Waals surface area contributed by atoms with E-state index in [1.54, 1.807) is 4.68 Å². The van der Waals surface area contributed by atoms with Crippen LogP contribution in [-0.4, -0.2) is 20.7 Å². The van der Waals surface area contributed by atoms with Gasteiger partial charge >= 0.3 is 0 Å². The minimum absolute atomic E-state index is 0.217. The number of fused-ring (bicyclic) bond motifs is 1. The van der Waals surface area contributed by atoms with Crippen molar-refractivity contribution >= 4 is 38.6 Å². The number of pyridine rings is 1. The normalized spacial score (nSPS) is 10.9. The first kappa shape index (κ1) is 17.4. The van der Waals surface area contributed by atoms with Gasteiger partial charge in [0.1, 0.15) is 5.82 Å². The number of halogens is 1. The Morgan fingerprint density at radius 2 is 1.74 bits per heavy atom. The van der Waals surface area contributed by atoms with E-state index < -0.39 is 0 Å². The number of carbonyl (C=O) groups excluding carboxylic acids is 1. The maximum Gasteiger partial charge on any atom is 0.260 e. The highest BCUT2D eigenvalue weighted by molar-refractivity contribution is 9.10. The number of hydrogen-bond acceptors (Lipinski definition) is 3. The lowest BCUT2D eigenvalue weighted by atomic mass is 10.1. The van der Waals surface area contributed by atoms with Crippen molar-refractivity contribution < 1.29 is 4.79 Å². The Morgan fingerprint density at radius 1 is 1.00 bits per heavy atom. The summed E-state index contributed by atoms with van der Waals surface area (Å²) in [6, 6.07) is 19.3. The van der Waals surface area contributed by atoms with Crippen LogP contribution in [0.25, 0.3) is 16.6 Å². The SMILES string of the molecule is Cc1nn(-c2ccccc2Br)c(C)c1C(=O)Nc1ccc2ccccc2n1. The Hall–Kier alpha value is -2.99. The van der Waals surface area contributed by atoms with Gasteiger partial charge in [-0.25, -0.2) is 9.67 Å². The quantitative estimate of drug-likeness (QED) is 0.504. The third-order valence-electron chi connectivity index (χ3n) is 4.44. The summed E-state index contributed by atoms with van der Waals surface area (Å²) >= 11 is 3.54. The van der Waals surface area contributed by atoms with E-state index >= 15 is 0 Å². The molecule has 1 amide bonds. The van der Waals surface area contributed by atoms with Crippen molar-refractivity contribution in [3.63, 3.8) is 0 Å². The number of nitrogens with one attached hydrogen (secondary N) is 1. The van der Waals surface area contributed by atoms with Gasteiger partial charge in [-0.1, -0.05) is 30.3 Å². The Labute approximate surface area is 165 Å². The second-order valence-electron chi connectivity index (χ2n) is 6.25. The van der Waals surface area contributed by atoms with Crippen LogP contribution in [0.15, 0.2) is 65.1 Å². The van der Waals surface area contributed by atoms with Crippen LogP contribution in [-0.2, 0) is 0 Å². The summed E-state index contributed by atoms with van der Waals surface area (Å²) in [5.74, 6) is 0.303. The fourth-order valence-corrected chi connectivity index (χ4v) is 3.60. The summed E-state index contributed by atoms with van der Waals surface area (Å²) in [6.07, 6.45) is 0. The van der Waals surface area contributed by atoms with Crippen molar-refractivity contribution in [2.45, 2.75) is 13.8 Å². The van der Waals surface area contributed by atoms with Crippen LogP contribution < -0.4 is 5.32 Å². The van der Waals surface area contributed by atoms with Gasteiger partial charge < -0.3 is 5.32 Å². The van der Waals surface area contributed by atoms with Gasteiger partial charge in [-0.2, -0.15) is 5.10 Å². The standard InChI is InChI=1S/C21H17BrN4O/c1-13-20(14(2)26(25-13)18-10-6-4-8-16(18)22)21(27)24-19-12-11-15-7-3-5-9-17(15)23-19/h3-12H,1-2H3,(H,23,24,27). The molecule has 5 nitrogen and oxygen atoms in total. The first-order valence-electron chi connectivity index (χ1n) is 8.53. The third kappa shape index (κ3) is 3.24. The van der Waals surface area contributed by atoms with Gasteiger partial charge in [-0.05, 0) is 60.1 Å². The summed E-state index contributed by atoms with van der Waals surface area (Å²) in [4.78, 5) is 17.4. The number of nitrogens with zero attached hydrogens (tertiary/aromatic N) is 3. The minimum Gasteiger partial charge on any atom is -0.306 e. The second kappa shape index (κ2) is 6.96. The Bertz CT molecular complexity index is 1170. The highest BCUT2D eigenvalue weighted by atomic mass is 79.9. The van der Waals surface area contributed by atoms with Gasteiger partial charge in [0.05, 0.1) is 28.2 Å². The van der Waals surface area contributed by atoms with E-state index in [4.69, 9.17) is 0 Å². The zero-order valence-electron chi connectivity index (χ0n) is 14.9. The molecule has 4 rings (SSSR count). The van der Waals surface area contributed by atoms with Crippen molar-refractivity contribution in [3.8, 4) is 5.69 Å². The second-order valence-corrected chi connectivity index (χ2v) is 7.11. The van der Waals surface area contributed by atoms with E-state index in [1.165, 1.54) is 0 Å². The molecule has 0 radical (unpaired) electrons. The van der Waals surface area contributed by atoms with Crippen LogP contribution in [0.4, 0.5) is 5.82 Å². The summed E-state index contributed by atoms with van der Waals surface area (Å²) in [7, 11) is 0. The summed E-state index contributed by atoms with van der Waals surface area (Å²) in [5.41, 5.74) is 3.73. The molecule has 134 valence electrons. The molecule has 0 aliphatic heterocycles. The Morgan fingerprint density at radius 3 is 2.56 bits per heavy atom. The van der Waals surface area contributed by atoms with Crippen molar-refractivity contribution in [1.29, 1.82) is 0 Å². The van der Waals surface area contributed by atoms with Gasteiger partial charge in [0.25, 0.3) is 5.91 Å². The van der Waals surface area contributed by atoms with Gasteiger partial charge in [0.15, 0.2) is 0 Å². The van der Waals surface area contributed by atoms with Crippen molar-refractivity contribution in [2.24, 2.45) is 0 Å². The first-order valence-corrected chi connectivity index (χ1v) is 9.32. The topological polar surface area (TPSA) is 59.8 Å². The fourth-order valence-electron chi connectivity index (χ4n) is 3.14. The maximum atomic E-state index is 12.9. The molecule has 0 atom stereocenters. The van der Waals surface area contributed by atoms with Gasteiger partial charge in [0.2, 0.25) is 0 Å². The van der Waals surface area contributed by atoms with Crippen molar-refractivity contribution in [3.05, 3.63) is 82.1 Å². The van der Waals surface area contributed by atoms with Gasteiger partial charge in [0, 0.05) is 9.86 Å². The minimum atomic E-state index is -0.217. The molecule has 2 heterocycles. The summed E-state index contributed by atoms with van der Waals surface area (Å²) in [6.45, 7) is 3.73. The number of rotatable bonds is 3. The highest BCUT2D eigenvalue weighted by Gasteiger charge is 2.20. The number of aromatic nitrogens is 3. The molecule has 0 saturated carbocycles. The number of para-hydroxylation sites is 2. The molecular formula is C21H17BrN4O. The summed E-state index contributed by atoms with van der Waals surface area (Å²) in [5, 5.41) is 8.49. The van der Waals surface area contributed by atoms with Gasteiger partial charge in [-0.3, -0.25) is 4.79 Å².